The lowest BCUT2D eigenvalue weighted by molar-refractivity contribution is 0.0166. The summed E-state index contributed by atoms with van der Waals surface area (Å²) in [6.07, 6.45) is 3.25. The zero-order chi connectivity index (χ0) is 18.7. The molecule has 27 heavy (non-hydrogen) atoms. The molecule has 2 aromatic rings. The van der Waals surface area contributed by atoms with Gasteiger partial charge in [0.2, 0.25) is 0 Å². The Balaban J connectivity index is 1.31. The van der Waals surface area contributed by atoms with Gasteiger partial charge in [0.25, 0.3) is 5.91 Å². The van der Waals surface area contributed by atoms with Crippen LogP contribution in [-0.2, 0) is 16.1 Å². The second kappa shape index (κ2) is 10.7. The van der Waals surface area contributed by atoms with Crippen molar-refractivity contribution in [3.05, 3.63) is 65.7 Å². The molecule has 0 aliphatic carbocycles. The molecule has 144 valence electrons. The molecule has 1 unspecified atom stereocenters. The SMILES string of the molecule is O=C(NCCCOCC1CCCO1)c1ccc(OCc2ccccc2)cc1. The van der Waals surface area contributed by atoms with Crippen LogP contribution in [0.25, 0.3) is 0 Å². The minimum Gasteiger partial charge on any atom is -0.489 e. The molecule has 1 amide bonds. The topological polar surface area (TPSA) is 56.8 Å². The van der Waals surface area contributed by atoms with Crippen molar-refractivity contribution < 1.29 is 19.0 Å². The Kier molecular flexibility index (Phi) is 7.69. The number of carbonyl (C=O) groups is 1. The maximum Gasteiger partial charge on any atom is 0.251 e. The highest BCUT2D eigenvalue weighted by Gasteiger charge is 2.15. The number of hydrogen-bond donors (Lipinski definition) is 1. The molecule has 3 rings (SSSR count). The Morgan fingerprint density at radius 2 is 1.93 bits per heavy atom. The van der Waals surface area contributed by atoms with E-state index in [0.29, 0.717) is 31.9 Å². The fourth-order valence-corrected chi connectivity index (χ4v) is 2.91. The highest BCUT2D eigenvalue weighted by atomic mass is 16.5. The second-order valence-corrected chi connectivity index (χ2v) is 6.62. The van der Waals surface area contributed by atoms with E-state index in [1.54, 1.807) is 12.1 Å². The fraction of sp³-hybridized carbons (Fsp3) is 0.409. The van der Waals surface area contributed by atoms with E-state index in [-0.39, 0.29) is 12.0 Å². The van der Waals surface area contributed by atoms with E-state index >= 15 is 0 Å². The van der Waals surface area contributed by atoms with Gasteiger partial charge in [-0.2, -0.15) is 0 Å². The van der Waals surface area contributed by atoms with Crippen molar-refractivity contribution in [3.8, 4) is 5.75 Å². The monoisotopic (exact) mass is 369 g/mol. The number of nitrogens with one attached hydrogen (secondary N) is 1. The quantitative estimate of drug-likeness (QED) is 0.651. The Morgan fingerprint density at radius 3 is 2.67 bits per heavy atom. The number of carbonyl (C=O) groups excluding carboxylic acids is 1. The summed E-state index contributed by atoms with van der Waals surface area (Å²) in [6, 6.07) is 17.2. The molecule has 1 aliphatic rings. The van der Waals surface area contributed by atoms with Gasteiger partial charge < -0.3 is 19.5 Å². The molecule has 5 heteroatoms. The van der Waals surface area contributed by atoms with Crippen molar-refractivity contribution in [1.82, 2.24) is 5.32 Å². The molecule has 1 N–H and O–H groups in total. The van der Waals surface area contributed by atoms with Crippen LogP contribution >= 0.6 is 0 Å². The number of amides is 1. The third-order valence-electron chi connectivity index (χ3n) is 4.44. The lowest BCUT2D eigenvalue weighted by atomic mass is 10.2. The van der Waals surface area contributed by atoms with Gasteiger partial charge in [0.05, 0.1) is 12.7 Å². The first-order chi connectivity index (χ1) is 13.3. The molecule has 1 heterocycles. The minimum absolute atomic E-state index is 0.0799. The van der Waals surface area contributed by atoms with Crippen molar-refractivity contribution in [2.45, 2.75) is 32.0 Å². The van der Waals surface area contributed by atoms with E-state index in [0.717, 1.165) is 37.2 Å². The number of ether oxygens (including phenoxy) is 3. The van der Waals surface area contributed by atoms with Crippen molar-refractivity contribution in [3.63, 3.8) is 0 Å². The molecule has 1 saturated heterocycles. The molecule has 0 saturated carbocycles. The van der Waals surface area contributed by atoms with Gasteiger partial charge in [0.1, 0.15) is 12.4 Å². The van der Waals surface area contributed by atoms with Crippen LogP contribution in [0.3, 0.4) is 0 Å². The van der Waals surface area contributed by atoms with Crippen LogP contribution in [0, 0.1) is 0 Å². The number of hydrogen-bond acceptors (Lipinski definition) is 4. The summed E-state index contributed by atoms with van der Waals surface area (Å²) in [6.45, 7) is 3.24. The maximum absolute atomic E-state index is 12.2. The Bertz CT molecular complexity index is 681. The van der Waals surface area contributed by atoms with Crippen LogP contribution in [0.5, 0.6) is 5.75 Å². The average molecular weight is 369 g/mol. The van der Waals surface area contributed by atoms with E-state index < -0.39 is 0 Å². The Morgan fingerprint density at radius 1 is 1.11 bits per heavy atom. The lowest BCUT2D eigenvalue weighted by Gasteiger charge is -2.10. The van der Waals surface area contributed by atoms with E-state index in [2.05, 4.69) is 5.32 Å². The van der Waals surface area contributed by atoms with Crippen molar-refractivity contribution >= 4 is 5.91 Å². The molecule has 0 bridgehead atoms. The molecular weight excluding hydrogens is 342 g/mol. The summed E-state index contributed by atoms with van der Waals surface area (Å²) >= 11 is 0. The molecule has 5 nitrogen and oxygen atoms in total. The minimum atomic E-state index is -0.0799. The van der Waals surface area contributed by atoms with Gasteiger partial charge in [-0.05, 0) is 49.1 Å². The van der Waals surface area contributed by atoms with Crippen LogP contribution < -0.4 is 10.1 Å². The first kappa shape index (κ1) is 19.4. The highest BCUT2D eigenvalue weighted by molar-refractivity contribution is 5.94. The third kappa shape index (κ3) is 6.70. The summed E-state index contributed by atoms with van der Waals surface area (Å²) < 4.78 is 16.8. The first-order valence-electron chi connectivity index (χ1n) is 9.55. The van der Waals surface area contributed by atoms with Gasteiger partial charge in [0, 0.05) is 25.3 Å². The average Bonchev–Trinajstić information content (AvgIpc) is 3.23. The maximum atomic E-state index is 12.2. The zero-order valence-corrected chi connectivity index (χ0v) is 15.6. The summed E-state index contributed by atoms with van der Waals surface area (Å²) in [5.74, 6) is 0.668. The highest BCUT2D eigenvalue weighted by Crippen LogP contribution is 2.14. The zero-order valence-electron chi connectivity index (χ0n) is 15.6. The summed E-state index contributed by atoms with van der Waals surface area (Å²) in [7, 11) is 0. The molecule has 1 atom stereocenters. The normalized spacial score (nSPS) is 16.2. The third-order valence-corrected chi connectivity index (χ3v) is 4.44. The summed E-state index contributed by atoms with van der Waals surface area (Å²) in [5.41, 5.74) is 1.74. The predicted molar refractivity (Wildman–Crippen MR) is 104 cm³/mol. The molecule has 1 aliphatic heterocycles. The smallest absolute Gasteiger partial charge is 0.251 e. The van der Waals surface area contributed by atoms with Crippen LogP contribution in [0.4, 0.5) is 0 Å². The molecule has 0 aromatic heterocycles. The van der Waals surface area contributed by atoms with E-state index in [1.807, 2.05) is 42.5 Å². The predicted octanol–water partition coefficient (Wildman–Crippen LogP) is 3.58. The van der Waals surface area contributed by atoms with Crippen molar-refractivity contribution in [2.24, 2.45) is 0 Å². The number of rotatable bonds is 10. The molecule has 0 radical (unpaired) electrons. The van der Waals surface area contributed by atoms with Crippen LogP contribution in [0.15, 0.2) is 54.6 Å². The lowest BCUT2D eigenvalue weighted by Crippen LogP contribution is -2.25. The van der Waals surface area contributed by atoms with Gasteiger partial charge in [0.15, 0.2) is 0 Å². The van der Waals surface area contributed by atoms with Crippen molar-refractivity contribution in [1.29, 1.82) is 0 Å². The Hall–Kier alpha value is -2.37. The Labute approximate surface area is 160 Å². The van der Waals surface area contributed by atoms with Crippen molar-refractivity contribution in [2.75, 3.05) is 26.4 Å². The fourth-order valence-electron chi connectivity index (χ4n) is 2.91. The molecule has 0 spiro atoms. The molecular formula is C22H27NO4. The summed E-state index contributed by atoms with van der Waals surface area (Å²) in [5, 5.41) is 2.91. The van der Waals surface area contributed by atoms with E-state index in [9.17, 15) is 4.79 Å². The molecule has 2 aromatic carbocycles. The van der Waals surface area contributed by atoms with Crippen LogP contribution in [0.1, 0.15) is 35.2 Å². The van der Waals surface area contributed by atoms with Gasteiger partial charge in [-0.25, -0.2) is 0 Å². The first-order valence-corrected chi connectivity index (χ1v) is 9.55. The summed E-state index contributed by atoms with van der Waals surface area (Å²) in [4.78, 5) is 12.2. The largest absolute Gasteiger partial charge is 0.489 e. The van der Waals surface area contributed by atoms with Gasteiger partial charge in [-0.3, -0.25) is 4.79 Å². The van der Waals surface area contributed by atoms with E-state index in [1.165, 1.54) is 0 Å². The van der Waals surface area contributed by atoms with E-state index in [4.69, 9.17) is 14.2 Å². The molecule has 1 fully saturated rings. The van der Waals surface area contributed by atoms with Crippen LogP contribution in [-0.4, -0.2) is 38.4 Å². The number of benzene rings is 2. The van der Waals surface area contributed by atoms with Crippen LogP contribution in [0.2, 0.25) is 0 Å². The van der Waals surface area contributed by atoms with Gasteiger partial charge in [-0.15, -0.1) is 0 Å². The standard InChI is InChI=1S/C22H27NO4/c24-22(23-13-5-14-25-17-21-8-4-15-26-21)19-9-11-20(12-10-19)27-16-18-6-2-1-3-7-18/h1-3,6-7,9-12,21H,4-5,8,13-17H2,(H,23,24). The van der Waals surface area contributed by atoms with Gasteiger partial charge in [-0.1, -0.05) is 30.3 Å². The van der Waals surface area contributed by atoms with Gasteiger partial charge >= 0.3 is 0 Å². The second-order valence-electron chi connectivity index (χ2n) is 6.62.